The molecule has 0 saturated carbocycles. The Balaban J connectivity index is 3.08. The van der Waals surface area contributed by atoms with Gasteiger partial charge in [0.05, 0.1) is 0 Å². The normalized spacial score (nSPS) is 9.71. The van der Waals surface area contributed by atoms with Crippen molar-refractivity contribution in [3.05, 3.63) is 29.3 Å². The molecule has 0 fully saturated rings. The first-order valence-corrected chi connectivity index (χ1v) is 5.07. The third kappa shape index (κ3) is 3.37. The molecule has 1 aromatic rings. The first kappa shape index (κ1) is 12.8. The van der Waals surface area contributed by atoms with E-state index in [2.05, 4.69) is 0 Å². The SMILES string of the molecule is CCCc1cccc(C(=O)O)c1ONC(=O)O. The summed E-state index contributed by atoms with van der Waals surface area (Å²) in [5.74, 6) is -1.12. The summed E-state index contributed by atoms with van der Waals surface area (Å²) in [6.07, 6.45) is 0.0252. The minimum atomic E-state index is -1.38. The van der Waals surface area contributed by atoms with Crippen molar-refractivity contribution in [1.82, 2.24) is 5.48 Å². The van der Waals surface area contributed by atoms with Crippen LogP contribution in [0.25, 0.3) is 0 Å². The van der Waals surface area contributed by atoms with Gasteiger partial charge in [-0.2, -0.15) is 5.48 Å². The molecule has 0 aliphatic carbocycles. The first-order chi connectivity index (χ1) is 8.06. The van der Waals surface area contributed by atoms with E-state index in [1.807, 2.05) is 6.92 Å². The quantitative estimate of drug-likeness (QED) is 0.682. The lowest BCUT2D eigenvalue weighted by molar-refractivity contribution is 0.0685. The van der Waals surface area contributed by atoms with E-state index in [-0.39, 0.29) is 11.3 Å². The van der Waals surface area contributed by atoms with Gasteiger partial charge in [-0.15, -0.1) is 0 Å². The Morgan fingerprint density at radius 2 is 2.06 bits per heavy atom. The van der Waals surface area contributed by atoms with E-state index in [4.69, 9.17) is 15.1 Å². The standard InChI is InChI=1S/C11H13NO5/c1-2-4-7-5-3-6-8(10(13)14)9(7)17-12-11(15)16/h3,5-6,12H,2,4H2,1H3,(H,13,14)(H,15,16). The van der Waals surface area contributed by atoms with Gasteiger partial charge < -0.3 is 15.1 Å². The van der Waals surface area contributed by atoms with Crippen LogP contribution in [0.15, 0.2) is 18.2 Å². The zero-order chi connectivity index (χ0) is 12.8. The number of hydrogen-bond donors (Lipinski definition) is 3. The Hall–Kier alpha value is -2.24. The maximum atomic E-state index is 11.0. The third-order valence-electron chi connectivity index (χ3n) is 2.09. The number of amides is 1. The molecule has 6 nitrogen and oxygen atoms in total. The fourth-order valence-corrected chi connectivity index (χ4v) is 1.43. The lowest BCUT2D eigenvalue weighted by Crippen LogP contribution is -2.26. The monoisotopic (exact) mass is 239 g/mol. The van der Waals surface area contributed by atoms with Crippen molar-refractivity contribution in [2.75, 3.05) is 0 Å². The van der Waals surface area contributed by atoms with Crippen molar-refractivity contribution >= 4 is 12.1 Å². The van der Waals surface area contributed by atoms with Crippen molar-refractivity contribution in [2.45, 2.75) is 19.8 Å². The van der Waals surface area contributed by atoms with Crippen LogP contribution in [0.3, 0.4) is 0 Å². The predicted molar refractivity (Wildman–Crippen MR) is 59.2 cm³/mol. The predicted octanol–water partition coefficient (Wildman–Crippen LogP) is 1.90. The number of carboxylic acids is 1. The van der Waals surface area contributed by atoms with Gasteiger partial charge in [0, 0.05) is 0 Å². The maximum Gasteiger partial charge on any atom is 0.438 e. The number of carboxylic acid groups (broad SMARTS) is 2. The summed E-state index contributed by atoms with van der Waals surface area (Å²) in [6.45, 7) is 1.93. The number of nitrogens with one attached hydrogen (secondary N) is 1. The van der Waals surface area contributed by atoms with Crippen LogP contribution in [0, 0.1) is 0 Å². The zero-order valence-electron chi connectivity index (χ0n) is 9.27. The largest absolute Gasteiger partial charge is 0.478 e. The van der Waals surface area contributed by atoms with Crippen LogP contribution in [0.2, 0.25) is 0 Å². The average molecular weight is 239 g/mol. The van der Waals surface area contributed by atoms with E-state index in [0.717, 1.165) is 6.42 Å². The van der Waals surface area contributed by atoms with Crippen LogP contribution in [0.4, 0.5) is 4.79 Å². The Bertz CT molecular complexity index is 430. The number of benzene rings is 1. The number of hydrogen-bond acceptors (Lipinski definition) is 3. The topological polar surface area (TPSA) is 95.9 Å². The molecular formula is C11H13NO5. The van der Waals surface area contributed by atoms with Gasteiger partial charge in [0.25, 0.3) is 0 Å². The molecule has 17 heavy (non-hydrogen) atoms. The average Bonchev–Trinajstić information content (AvgIpc) is 2.27. The molecule has 0 aromatic heterocycles. The second-order valence-corrected chi connectivity index (χ2v) is 3.36. The fraction of sp³-hybridized carbons (Fsp3) is 0.273. The highest BCUT2D eigenvalue weighted by atomic mass is 16.7. The van der Waals surface area contributed by atoms with Crippen LogP contribution in [-0.2, 0) is 6.42 Å². The number of para-hydroxylation sites is 1. The van der Waals surface area contributed by atoms with Gasteiger partial charge in [0.1, 0.15) is 5.56 Å². The number of hydroxylamine groups is 1. The van der Waals surface area contributed by atoms with Gasteiger partial charge in [-0.05, 0) is 18.1 Å². The Labute approximate surface area is 97.8 Å². The summed E-state index contributed by atoms with van der Waals surface area (Å²) in [6, 6.07) is 4.66. The molecule has 0 saturated heterocycles. The molecule has 1 amide bonds. The number of aryl methyl sites for hydroxylation is 1. The number of aromatic carboxylic acids is 1. The van der Waals surface area contributed by atoms with Crippen LogP contribution in [0.1, 0.15) is 29.3 Å². The van der Waals surface area contributed by atoms with E-state index >= 15 is 0 Å². The van der Waals surface area contributed by atoms with Crippen LogP contribution in [0.5, 0.6) is 5.75 Å². The molecular weight excluding hydrogens is 226 g/mol. The summed E-state index contributed by atoms with van der Waals surface area (Å²) in [5, 5.41) is 17.4. The number of carbonyl (C=O) groups is 2. The van der Waals surface area contributed by atoms with Gasteiger partial charge >= 0.3 is 12.1 Å². The molecule has 0 atom stereocenters. The van der Waals surface area contributed by atoms with E-state index < -0.39 is 12.1 Å². The maximum absolute atomic E-state index is 11.0. The Morgan fingerprint density at radius 3 is 2.59 bits per heavy atom. The minimum Gasteiger partial charge on any atom is -0.478 e. The molecule has 0 bridgehead atoms. The molecule has 92 valence electrons. The molecule has 0 aliphatic rings. The molecule has 6 heteroatoms. The van der Waals surface area contributed by atoms with Gasteiger partial charge in [0.15, 0.2) is 5.75 Å². The third-order valence-corrected chi connectivity index (χ3v) is 2.09. The first-order valence-electron chi connectivity index (χ1n) is 5.07. The van der Waals surface area contributed by atoms with E-state index in [9.17, 15) is 9.59 Å². The highest BCUT2D eigenvalue weighted by Crippen LogP contribution is 2.24. The molecule has 0 spiro atoms. The van der Waals surface area contributed by atoms with Crippen LogP contribution < -0.4 is 10.3 Å². The lowest BCUT2D eigenvalue weighted by atomic mass is 10.1. The number of rotatable bonds is 5. The second-order valence-electron chi connectivity index (χ2n) is 3.36. The summed E-state index contributed by atoms with van der Waals surface area (Å²) < 4.78 is 0. The molecule has 0 heterocycles. The highest BCUT2D eigenvalue weighted by Gasteiger charge is 2.16. The Kier molecular flexibility index (Phi) is 4.33. The van der Waals surface area contributed by atoms with Gasteiger partial charge in [-0.25, -0.2) is 9.59 Å². The van der Waals surface area contributed by atoms with E-state index in [0.29, 0.717) is 12.0 Å². The van der Waals surface area contributed by atoms with Crippen LogP contribution >= 0.6 is 0 Å². The van der Waals surface area contributed by atoms with Crippen LogP contribution in [-0.4, -0.2) is 22.3 Å². The Morgan fingerprint density at radius 1 is 1.35 bits per heavy atom. The van der Waals surface area contributed by atoms with Crippen molar-refractivity contribution < 1.29 is 24.6 Å². The summed E-state index contributed by atoms with van der Waals surface area (Å²) in [7, 11) is 0. The summed E-state index contributed by atoms with van der Waals surface area (Å²) in [4.78, 5) is 26.1. The van der Waals surface area contributed by atoms with Gasteiger partial charge in [-0.1, -0.05) is 25.5 Å². The summed E-state index contributed by atoms with van der Waals surface area (Å²) in [5.41, 5.74) is 2.30. The van der Waals surface area contributed by atoms with Gasteiger partial charge in [-0.3, -0.25) is 0 Å². The molecule has 3 N–H and O–H groups in total. The lowest BCUT2D eigenvalue weighted by Gasteiger charge is -2.11. The summed E-state index contributed by atoms with van der Waals surface area (Å²) >= 11 is 0. The van der Waals surface area contributed by atoms with E-state index in [1.165, 1.54) is 6.07 Å². The van der Waals surface area contributed by atoms with Gasteiger partial charge in [0.2, 0.25) is 0 Å². The fourth-order valence-electron chi connectivity index (χ4n) is 1.43. The second kappa shape index (κ2) is 5.74. The molecule has 0 aliphatic heterocycles. The molecule has 1 aromatic carbocycles. The highest BCUT2D eigenvalue weighted by molar-refractivity contribution is 5.91. The van der Waals surface area contributed by atoms with E-state index in [1.54, 1.807) is 17.6 Å². The van der Waals surface area contributed by atoms with Crippen molar-refractivity contribution in [2.24, 2.45) is 0 Å². The molecule has 0 radical (unpaired) electrons. The zero-order valence-corrected chi connectivity index (χ0v) is 9.27. The molecule has 1 rings (SSSR count). The minimum absolute atomic E-state index is 0.0456. The van der Waals surface area contributed by atoms with Crippen molar-refractivity contribution in [3.63, 3.8) is 0 Å². The van der Waals surface area contributed by atoms with Crippen molar-refractivity contribution in [1.29, 1.82) is 0 Å². The molecule has 0 unspecified atom stereocenters. The smallest absolute Gasteiger partial charge is 0.438 e. The van der Waals surface area contributed by atoms with Crippen molar-refractivity contribution in [3.8, 4) is 5.75 Å².